The summed E-state index contributed by atoms with van der Waals surface area (Å²) in [5.41, 5.74) is 5.29. The monoisotopic (exact) mass is 259 g/mol. The van der Waals surface area contributed by atoms with Crippen molar-refractivity contribution in [2.45, 2.75) is 52.0 Å². The summed E-state index contributed by atoms with van der Waals surface area (Å²) in [7, 11) is 0. The van der Waals surface area contributed by atoms with Gasteiger partial charge in [0.15, 0.2) is 5.54 Å². The van der Waals surface area contributed by atoms with Crippen LogP contribution in [0, 0.1) is 0 Å². The fourth-order valence-corrected chi connectivity index (χ4v) is 2.23. The minimum atomic E-state index is -0.167. The molecule has 1 aliphatic rings. The lowest BCUT2D eigenvalue weighted by atomic mass is 9.87. The summed E-state index contributed by atoms with van der Waals surface area (Å²) in [6.45, 7) is 10.7. The zero-order valence-electron chi connectivity index (χ0n) is 12.4. The smallest absolute Gasteiger partial charge is 0.269 e. The molecule has 1 amide bonds. The van der Waals surface area contributed by atoms with Crippen LogP contribution in [0.5, 0.6) is 0 Å². The van der Waals surface area contributed by atoms with Crippen LogP contribution >= 0.6 is 0 Å². The lowest BCUT2D eigenvalue weighted by Gasteiger charge is -2.18. The van der Waals surface area contributed by atoms with Gasteiger partial charge in [-0.2, -0.15) is 0 Å². The standard InChI is InChI=1S/C16H22N2O/c1-15(2,3)13-8-6-12(7-9-13)11-18-16(4,5)10-14(19)17-18/h6-9,11H,10H2,1-5H3/p+1/b18-11-. The molecule has 0 unspecified atom stereocenters. The van der Waals surface area contributed by atoms with Gasteiger partial charge in [-0.15, -0.1) is 10.1 Å². The van der Waals surface area contributed by atoms with Gasteiger partial charge in [-0.25, -0.2) is 0 Å². The summed E-state index contributed by atoms with van der Waals surface area (Å²) in [5.74, 6) is 0.0764. The van der Waals surface area contributed by atoms with Crippen LogP contribution < -0.4 is 5.43 Å². The van der Waals surface area contributed by atoms with Gasteiger partial charge in [0.1, 0.15) is 0 Å². The second-order valence-electron chi connectivity index (χ2n) is 6.90. The molecule has 19 heavy (non-hydrogen) atoms. The Morgan fingerprint density at radius 3 is 2.21 bits per heavy atom. The first-order chi connectivity index (χ1) is 8.68. The van der Waals surface area contributed by atoms with E-state index in [9.17, 15) is 4.79 Å². The maximum Gasteiger partial charge on any atom is 0.281 e. The number of rotatable bonds is 1. The Hall–Kier alpha value is -1.64. The van der Waals surface area contributed by atoms with Crippen LogP contribution in [-0.2, 0) is 10.2 Å². The van der Waals surface area contributed by atoms with Crippen LogP contribution in [0.25, 0.3) is 0 Å². The van der Waals surface area contributed by atoms with E-state index in [4.69, 9.17) is 0 Å². The molecule has 3 heteroatoms. The minimum absolute atomic E-state index is 0.0764. The van der Waals surface area contributed by atoms with Crippen molar-refractivity contribution in [3.8, 4) is 0 Å². The summed E-state index contributed by atoms with van der Waals surface area (Å²) in [6.07, 6.45) is 2.53. The van der Waals surface area contributed by atoms with Crippen molar-refractivity contribution >= 4 is 12.1 Å². The summed E-state index contributed by atoms with van der Waals surface area (Å²) >= 11 is 0. The first kappa shape index (κ1) is 13.8. The van der Waals surface area contributed by atoms with Crippen molar-refractivity contribution in [3.63, 3.8) is 0 Å². The van der Waals surface area contributed by atoms with Crippen LogP contribution in [0.4, 0.5) is 0 Å². The third kappa shape index (κ3) is 3.03. The molecular weight excluding hydrogens is 236 g/mol. The zero-order valence-corrected chi connectivity index (χ0v) is 12.4. The molecule has 1 fully saturated rings. The van der Waals surface area contributed by atoms with E-state index in [2.05, 4.69) is 64.3 Å². The molecule has 1 saturated heterocycles. The van der Waals surface area contributed by atoms with Crippen molar-refractivity contribution in [1.82, 2.24) is 5.43 Å². The van der Waals surface area contributed by atoms with Gasteiger partial charge in [-0.1, -0.05) is 32.9 Å². The predicted octanol–water partition coefficient (Wildman–Crippen LogP) is 2.63. The van der Waals surface area contributed by atoms with Crippen LogP contribution in [0.15, 0.2) is 24.3 Å². The maximum atomic E-state index is 11.5. The molecule has 1 N–H and O–H groups in total. The molecule has 0 bridgehead atoms. The average Bonchev–Trinajstić information content (AvgIpc) is 2.51. The van der Waals surface area contributed by atoms with Gasteiger partial charge in [-0.3, -0.25) is 4.79 Å². The van der Waals surface area contributed by atoms with E-state index in [0.29, 0.717) is 6.42 Å². The van der Waals surface area contributed by atoms with Crippen molar-refractivity contribution in [3.05, 3.63) is 35.4 Å². The van der Waals surface area contributed by atoms with Crippen molar-refractivity contribution in [2.75, 3.05) is 0 Å². The second-order valence-corrected chi connectivity index (χ2v) is 6.90. The van der Waals surface area contributed by atoms with Gasteiger partial charge in [0.25, 0.3) is 5.91 Å². The number of hydrogen-bond donors (Lipinski definition) is 1. The summed E-state index contributed by atoms with van der Waals surface area (Å²) in [6, 6.07) is 8.50. The van der Waals surface area contributed by atoms with Crippen LogP contribution in [0.1, 0.15) is 52.2 Å². The molecule has 2 rings (SSSR count). The number of carbonyl (C=O) groups excluding carboxylic acids is 1. The summed E-state index contributed by atoms with van der Waals surface area (Å²) in [4.78, 5) is 11.5. The molecule has 3 nitrogen and oxygen atoms in total. The van der Waals surface area contributed by atoms with Gasteiger partial charge in [0.05, 0.1) is 6.42 Å². The number of nitrogens with zero attached hydrogens (tertiary/aromatic N) is 1. The zero-order chi connectivity index (χ0) is 14.3. The topological polar surface area (TPSA) is 32.1 Å². The van der Waals surface area contributed by atoms with Gasteiger partial charge in [0, 0.05) is 19.4 Å². The van der Waals surface area contributed by atoms with E-state index in [1.807, 2.05) is 10.9 Å². The van der Waals surface area contributed by atoms with Gasteiger partial charge in [-0.05, 0) is 23.1 Å². The number of hydrazone groups is 1. The van der Waals surface area contributed by atoms with Gasteiger partial charge >= 0.3 is 0 Å². The van der Waals surface area contributed by atoms with E-state index in [-0.39, 0.29) is 16.9 Å². The lowest BCUT2D eigenvalue weighted by Crippen LogP contribution is -2.36. The highest BCUT2D eigenvalue weighted by Crippen LogP contribution is 2.22. The lowest BCUT2D eigenvalue weighted by molar-refractivity contribution is -0.620. The van der Waals surface area contributed by atoms with Crippen molar-refractivity contribution in [1.29, 1.82) is 0 Å². The molecule has 1 aromatic carbocycles. The Labute approximate surface area is 115 Å². The predicted molar refractivity (Wildman–Crippen MR) is 77.4 cm³/mol. The highest BCUT2D eigenvalue weighted by molar-refractivity contribution is 5.80. The fraction of sp³-hybridized carbons (Fsp3) is 0.500. The van der Waals surface area contributed by atoms with E-state index in [1.165, 1.54) is 5.56 Å². The Morgan fingerprint density at radius 1 is 1.21 bits per heavy atom. The number of hydrogen-bond acceptors (Lipinski definition) is 1. The molecular formula is C16H23N2O+. The Bertz CT molecular complexity index is 519. The molecule has 0 aromatic heterocycles. The van der Waals surface area contributed by atoms with Crippen LogP contribution in [0.2, 0.25) is 0 Å². The molecule has 1 aliphatic heterocycles. The van der Waals surface area contributed by atoms with E-state index < -0.39 is 0 Å². The average molecular weight is 259 g/mol. The highest BCUT2D eigenvalue weighted by Gasteiger charge is 2.42. The second kappa shape index (κ2) is 4.48. The normalized spacial score (nSPS) is 20.7. The Morgan fingerprint density at radius 2 is 1.79 bits per heavy atom. The van der Waals surface area contributed by atoms with E-state index in [0.717, 1.165) is 5.56 Å². The molecule has 0 saturated carbocycles. The fourth-order valence-electron chi connectivity index (χ4n) is 2.23. The molecule has 0 atom stereocenters. The third-order valence-corrected chi connectivity index (χ3v) is 3.55. The number of benzene rings is 1. The molecule has 1 aromatic rings. The van der Waals surface area contributed by atoms with Gasteiger partial charge in [0.2, 0.25) is 6.21 Å². The highest BCUT2D eigenvalue weighted by atomic mass is 16.2. The third-order valence-electron chi connectivity index (χ3n) is 3.55. The van der Waals surface area contributed by atoms with Crippen molar-refractivity contribution < 1.29 is 9.48 Å². The van der Waals surface area contributed by atoms with Crippen molar-refractivity contribution in [2.24, 2.45) is 0 Å². The SMILES string of the molecule is CC(C)(C)c1ccc(/C=[N+]2\NC(=O)CC2(C)C)cc1. The number of amides is 1. The number of hydrazine groups is 1. The summed E-state index contributed by atoms with van der Waals surface area (Å²) < 4.78 is 1.90. The molecule has 102 valence electrons. The Kier molecular flexibility index (Phi) is 3.25. The summed E-state index contributed by atoms with van der Waals surface area (Å²) in [5, 5.41) is 0. The molecule has 0 spiro atoms. The first-order valence-corrected chi connectivity index (χ1v) is 6.73. The first-order valence-electron chi connectivity index (χ1n) is 6.73. The van der Waals surface area contributed by atoms with Crippen LogP contribution in [-0.4, -0.2) is 22.3 Å². The largest absolute Gasteiger partial charge is 0.281 e. The molecule has 1 heterocycles. The van der Waals surface area contributed by atoms with Crippen LogP contribution in [0.3, 0.4) is 0 Å². The Balaban J connectivity index is 2.27. The maximum absolute atomic E-state index is 11.5. The minimum Gasteiger partial charge on any atom is -0.269 e. The number of nitrogens with one attached hydrogen (secondary N) is 1. The number of carbonyl (C=O) groups is 1. The van der Waals surface area contributed by atoms with E-state index >= 15 is 0 Å². The molecule has 0 radical (unpaired) electrons. The van der Waals surface area contributed by atoms with E-state index in [1.54, 1.807) is 0 Å². The van der Waals surface area contributed by atoms with Gasteiger partial charge < -0.3 is 0 Å². The molecule has 0 aliphatic carbocycles. The quantitative estimate of drug-likeness (QED) is 0.773.